The summed E-state index contributed by atoms with van der Waals surface area (Å²) in [6, 6.07) is 69.7. The Bertz CT molecular complexity index is 4770. The molecule has 7 aromatic carbocycles. The molecule has 0 N–H and O–H groups in total. The monoisotopic (exact) mass is 1040 g/mol. The van der Waals surface area contributed by atoms with Crippen molar-refractivity contribution in [3.8, 4) is 84.9 Å². The van der Waals surface area contributed by atoms with E-state index in [0.29, 0.717) is 51.4 Å². The molecule has 81 heavy (non-hydrogen) atoms. The molecule has 0 aliphatic carbocycles. The van der Waals surface area contributed by atoms with Crippen molar-refractivity contribution in [2.24, 2.45) is 0 Å². The van der Waals surface area contributed by atoms with Crippen molar-refractivity contribution in [2.75, 3.05) is 0 Å². The lowest BCUT2D eigenvalue weighted by atomic mass is 10.00. The largest absolute Gasteiger partial charge is 0.292 e. The first kappa shape index (κ1) is 45.8. The van der Waals surface area contributed by atoms with Crippen LogP contribution in [0.5, 0.6) is 0 Å². The van der Waals surface area contributed by atoms with E-state index in [1.54, 1.807) is 0 Å². The normalized spacial score (nSPS) is 11.7. The van der Waals surface area contributed by atoms with Crippen LogP contribution in [0.1, 0.15) is 0 Å². The Hall–Kier alpha value is -11.4. The minimum absolute atomic E-state index is 0.464. The highest BCUT2D eigenvalue weighted by Gasteiger charge is 2.25. The van der Waals surface area contributed by atoms with Crippen molar-refractivity contribution >= 4 is 76.5 Å². The molecule has 0 saturated carbocycles. The van der Waals surface area contributed by atoms with E-state index in [4.69, 9.17) is 54.8 Å². The fourth-order valence-corrected chi connectivity index (χ4v) is 11.4. The van der Waals surface area contributed by atoms with Gasteiger partial charge in [0.15, 0.2) is 11.6 Å². The Morgan fingerprint density at radius 2 is 0.617 bits per heavy atom. The van der Waals surface area contributed by atoms with Gasteiger partial charge in [0.2, 0.25) is 0 Å². The average Bonchev–Trinajstić information content (AvgIpc) is 4.15. The van der Waals surface area contributed by atoms with Crippen LogP contribution in [0.4, 0.5) is 0 Å². The third-order valence-electron chi connectivity index (χ3n) is 15.0. The van der Waals surface area contributed by atoms with Crippen LogP contribution in [0.15, 0.2) is 243 Å². The SMILES string of the molecule is c1ccc(-n2c(-c3cc(-c4nc(-c5cccc6cccnc56)cc(-c5cccc6cccnc56)n4)cc(-c4nc(-c5cccc6cccnc56)cc(-c5cccc6cccnc56)n4)c3)nc3c4cccnc4c4ncccc4c32)cc1. The third kappa shape index (κ3) is 7.72. The van der Waals surface area contributed by atoms with Crippen molar-refractivity contribution in [2.45, 2.75) is 0 Å². The van der Waals surface area contributed by atoms with E-state index in [9.17, 15) is 0 Å². The Labute approximate surface area is 461 Å². The lowest BCUT2D eigenvalue weighted by Crippen LogP contribution is -2.02. The number of para-hydroxylation sites is 5. The quantitative estimate of drug-likeness (QED) is 0.134. The molecule has 0 unspecified atom stereocenters. The third-order valence-corrected chi connectivity index (χ3v) is 15.0. The maximum Gasteiger partial charge on any atom is 0.160 e. The molecule has 0 spiro atoms. The Morgan fingerprint density at radius 1 is 0.259 bits per heavy atom. The molecule has 0 fully saturated rings. The summed E-state index contributed by atoms with van der Waals surface area (Å²) in [4.78, 5) is 57.3. The van der Waals surface area contributed by atoms with Crippen LogP contribution in [0.3, 0.4) is 0 Å². The highest BCUT2D eigenvalue weighted by molar-refractivity contribution is 6.22. The second-order valence-electron chi connectivity index (χ2n) is 19.8. The van der Waals surface area contributed by atoms with E-state index < -0.39 is 0 Å². The van der Waals surface area contributed by atoms with E-state index in [1.807, 2.05) is 128 Å². The topological polar surface area (TPSA) is 147 Å². The summed E-state index contributed by atoms with van der Waals surface area (Å²) >= 11 is 0. The highest BCUT2D eigenvalue weighted by Crippen LogP contribution is 2.42. The van der Waals surface area contributed by atoms with Gasteiger partial charge in [-0.05, 0) is 91.0 Å². The van der Waals surface area contributed by atoms with Crippen LogP contribution in [0.25, 0.3) is 161 Å². The zero-order chi connectivity index (χ0) is 53.4. The van der Waals surface area contributed by atoms with E-state index in [1.165, 1.54) is 0 Å². The molecular weight excluding hydrogens is 997 g/mol. The zero-order valence-electron chi connectivity index (χ0n) is 43.0. The summed E-state index contributed by atoms with van der Waals surface area (Å²) in [5.41, 5.74) is 15.8. The first-order valence-electron chi connectivity index (χ1n) is 26.6. The maximum atomic E-state index is 5.68. The summed E-state index contributed by atoms with van der Waals surface area (Å²) in [7, 11) is 0. The summed E-state index contributed by atoms with van der Waals surface area (Å²) in [5.74, 6) is 1.60. The smallest absolute Gasteiger partial charge is 0.160 e. The number of hydrogen-bond acceptors (Lipinski definition) is 11. The number of pyridine rings is 6. The van der Waals surface area contributed by atoms with Crippen molar-refractivity contribution in [1.82, 2.24) is 59.4 Å². The van der Waals surface area contributed by atoms with Crippen LogP contribution in [-0.4, -0.2) is 59.4 Å². The molecule has 0 bridgehead atoms. The summed E-state index contributed by atoms with van der Waals surface area (Å²) in [5, 5.41) is 5.77. The maximum absolute atomic E-state index is 5.68. The van der Waals surface area contributed by atoms with Gasteiger partial charge in [-0.25, -0.2) is 24.9 Å². The standard InChI is InChI=1S/C69H40N12/c1-2-22-48(23-3-1)81-66-54-29-13-35-75-64(54)63-53(28-12-34-74-63)65(66)80-69(81)47-37-45(67-76-55(49-24-4-14-41-18-8-30-70-59(41)49)39-56(77-67)50-25-5-15-42-19-9-31-71-60(42)50)36-46(38-47)68-78-57(51-26-6-16-43-20-10-32-72-61(43)51)40-58(79-68)52-27-7-17-44-21-11-33-73-62(44)52/h1-40H. The number of nitrogens with zero attached hydrogens (tertiary/aromatic N) is 12. The van der Waals surface area contributed by atoms with E-state index in [0.717, 1.165) is 110 Å². The average molecular weight is 1040 g/mol. The lowest BCUT2D eigenvalue weighted by Gasteiger charge is -2.16. The van der Waals surface area contributed by atoms with Gasteiger partial charge in [0.25, 0.3) is 0 Å². The van der Waals surface area contributed by atoms with Gasteiger partial charge in [-0.15, -0.1) is 0 Å². The van der Waals surface area contributed by atoms with E-state index >= 15 is 0 Å². The van der Waals surface area contributed by atoms with Crippen molar-refractivity contribution < 1.29 is 0 Å². The Morgan fingerprint density at radius 3 is 1.05 bits per heavy atom. The number of hydrogen-bond donors (Lipinski definition) is 0. The van der Waals surface area contributed by atoms with Gasteiger partial charge in [0.1, 0.15) is 5.82 Å². The number of benzene rings is 7. The first-order chi connectivity index (χ1) is 40.1. The lowest BCUT2D eigenvalue weighted by molar-refractivity contribution is 1.10. The summed E-state index contributed by atoms with van der Waals surface area (Å²) in [6.45, 7) is 0. The van der Waals surface area contributed by atoms with Gasteiger partial charge >= 0.3 is 0 Å². The van der Waals surface area contributed by atoms with Crippen molar-refractivity contribution in [3.05, 3.63) is 243 Å². The molecule has 0 saturated heterocycles. The molecule has 12 nitrogen and oxygen atoms in total. The molecule has 16 rings (SSSR count). The molecule has 376 valence electrons. The highest BCUT2D eigenvalue weighted by atomic mass is 15.1. The predicted octanol–water partition coefficient (Wildman–Crippen LogP) is 15.6. The predicted molar refractivity (Wildman–Crippen MR) is 322 cm³/mol. The van der Waals surface area contributed by atoms with Crippen molar-refractivity contribution in [3.63, 3.8) is 0 Å². The fraction of sp³-hybridized carbons (Fsp3) is 0. The van der Waals surface area contributed by atoms with Gasteiger partial charge in [0.05, 0.1) is 66.9 Å². The van der Waals surface area contributed by atoms with Gasteiger partial charge in [0, 0.05) is 114 Å². The Balaban J connectivity index is 1.03. The zero-order valence-corrected chi connectivity index (χ0v) is 43.0. The first-order valence-corrected chi connectivity index (χ1v) is 26.6. The molecule has 0 aliphatic rings. The van der Waals surface area contributed by atoms with Crippen LogP contribution < -0.4 is 0 Å². The van der Waals surface area contributed by atoms with Gasteiger partial charge in [-0.2, -0.15) is 0 Å². The number of fused-ring (bicyclic) bond motifs is 10. The van der Waals surface area contributed by atoms with Gasteiger partial charge in [-0.3, -0.25) is 34.5 Å². The van der Waals surface area contributed by atoms with Crippen LogP contribution in [-0.2, 0) is 0 Å². The molecule has 9 heterocycles. The number of rotatable bonds is 8. The minimum atomic E-state index is 0.464. The van der Waals surface area contributed by atoms with Crippen LogP contribution in [0, 0.1) is 0 Å². The van der Waals surface area contributed by atoms with Gasteiger partial charge < -0.3 is 0 Å². The Kier molecular flexibility index (Phi) is 10.6. The molecule has 9 aromatic heterocycles. The van der Waals surface area contributed by atoms with E-state index in [2.05, 4.69) is 120 Å². The molecule has 0 radical (unpaired) electrons. The van der Waals surface area contributed by atoms with Crippen LogP contribution >= 0.6 is 0 Å². The molecular formula is C69H40N12. The molecule has 0 atom stereocenters. The number of aromatic nitrogens is 12. The second-order valence-corrected chi connectivity index (χ2v) is 19.8. The minimum Gasteiger partial charge on any atom is -0.292 e. The van der Waals surface area contributed by atoms with E-state index in [-0.39, 0.29) is 0 Å². The van der Waals surface area contributed by atoms with Crippen LogP contribution in [0.2, 0.25) is 0 Å². The number of imidazole rings is 1. The summed E-state index contributed by atoms with van der Waals surface area (Å²) < 4.78 is 2.23. The molecule has 16 aromatic rings. The van der Waals surface area contributed by atoms with Gasteiger partial charge in [-0.1, -0.05) is 115 Å². The molecule has 0 aliphatic heterocycles. The second kappa shape index (κ2) is 18.7. The molecule has 0 amide bonds. The molecule has 12 heteroatoms. The van der Waals surface area contributed by atoms with Crippen molar-refractivity contribution in [1.29, 1.82) is 0 Å². The fourth-order valence-electron chi connectivity index (χ4n) is 11.4. The summed E-state index contributed by atoms with van der Waals surface area (Å²) in [6.07, 6.45) is 10.9.